The maximum absolute atomic E-state index is 10.5. The Hall–Kier alpha value is -1.61. The zero-order chi connectivity index (χ0) is 13.0. The van der Waals surface area contributed by atoms with Gasteiger partial charge in [0.25, 0.3) is 0 Å². The number of rotatable bonds is 7. The highest BCUT2D eigenvalue weighted by Crippen LogP contribution is 2.33. The smallest absolute Gasteiger partial charge is 0.303 e. The van der Waals surface area contributed by atoms with E-state index >= 15 is 0 Å². The lowest BCUT2D eigenvalue weighted by molar-refractivity contribution is -0.136. The van der Waals surface area contributed by atoms with E-state index in [9.17, 15) is 4.79 Å². The molecule has 1 aromatic rings. The van der Waals surface area contributed by atoms with E-state index < -0.39 is 5.97 Å². The van der Waals surface area contributed by atoms with E-state index in [2.05, 4.69) is 16.0 Å². The van der Waals surface area contributed by atoms with Crippen LogP contribution >= 0.6 is 11.3 Å². The second-order valence-corrected chi connectivity index (χ2v) is 5.18. The number of nitrogens with zero attached hydrogens (tertiary/aromatic N) is 3. The van der Waals surface area contributed by atoms with E-state index in [4.69, 9.17) is 10.4 Å². The normalized spacial score (nSPS) is 14.2. The van der Waals surface area contributed by atoms with Crippen LogP contribution in [0, 0.1) is 11.3 Å². The van der Waals surface area contributed by atoms with Crippen molar-refractivity contribution < 1.29 is 9.90 Å². The fourth-order valence-electron chi connectivity index (χ4n) is 1.77. The Kier molecular flexibility index (Phi) is 4.15. The highest BCUT2D eigenvalue weighted by atomic mass is 32.1. The summed E-state index contributed by atoms with van der Waals surface area (Å²) < 4.78 is 0. The zero-order valence-corrected chi connectivity index (χ0v) is 10.8. The van der Waals surface area contributed by atoms with E-state index in [1.54, 1.807) is 11.3 Å². The molecule has 0 atom stereocenters. The van der Waals surface area contributed by atoms with Crippen LogP contribution in [0.3, 0.4) is 0 Å². The van der Waals surface area contributed by atoms with Crippen LogP contribution in [0.2, 0.25) is 0 Å². The first-order valence-corrected chi connectivity index (χ1v) is 6.88. The van der Waals surface area contributed by atoms with E-state index in [-0.39, 0.29) is 6.42 Å². The predicted octanol–water partition coefficient (Wildman–Crippen LogP) is 2.04. The Morgan fingerprint density at radius 3 is 3.06 bits per heavy atom. The molecule has 0 amide bonds. The van der Waals surface area contributed by atoms with Gasteiger partial charge in [-0.15, -0.1) is 11.3 Å². The Morgan fingerprint density at radius 1 is 1.67 bits per heavy atom. The third-order valence-corrected chi connectivity index (χ3v) is 3.76. The van der Waals surface area contributed by atoms with Crippen LogP contribution in [0.4, 0.5) is 5.13 Å². The Morgan fingerprint density at radius 2 is 2.44 bits per heavy atom. The number of hydrogen-bond donors (Lipinski definition) is 1. The van der Waals surface area contributed by atoms with E-state index in [0.717, 1.165) is 23.7 Å². The molecular formula is C12H15N3O2S. The van der Waals surface area contributed by atoms with Crippen molar-refractivity contribution in [3.05, 3.63) is 11.1 Å². The van der Waals surface area contributed by atoms with Crippen molar-refractivity contribution in [3.63, 3.8) is 0 Å². The molecule has 2 rings (SSSR count). The van der Waals surface area contributed by atoms with Gasteiger partial charge in [-0.2, -0.15) is 5.26 Å². The minimum atomic E-state index is -0.798. The van der Waals surface area contributed by atoms with Gasteiger partial charge < -0.3 is 10.0 Å². The number of carboxylic acid groups (broad SMARTS) is 1. The van der Waals surface area contributed by atoms with Crippen LogP contribution in [0.25, 0.3) is 0 Å². The van der Waals surface area contributed by atoms with Crippen molar-refractivity contribution >= 4 is 22.4 Å². The fraction of sp³-hybridized carbons (Fsp3) is 0.583. The highest BCUT2D eigenvalue weighted by Gasteiger charge is 2.30. The second kappa shape index (κ2) is 5.83. The van der Waals surface area contributed by atoms with Crippen molar-refractivity contribution in [2.24, 2.45) is 0 Å². The third-order valence-electron chi connectivity index (χ3n) is 2.83. The number of hydrogen-bond acceptors (Lipinski definition) is 5. The van der Waals surface area contributed by atoms with E-state index in [0.29, 0.717) is 25.4 Å². The molecule has 0 unspecified atom stereocenters. The molecule has 1 saturated carbocycles. The summed E-state index contributed by atoms with van der Waals surface area (Å²) in [6.07, 6.45) is 3.42. The quantitative estimate of drug-likeness (QED) is 0.816. The van der Waals surface area contributed by atoms with Crippen LogP contribution in [-0.2, 0) is 11.2 Å². The topological polar surface area (TPSA) is 77.2 Å². The number of carbonyl (C=O) groups is 1. The fourth-order valence-corrected chi connectivity index (χ4v) is 2.73. The predicted molar refractivity (Wildman–Crippen MR) is 68.7 cm³/mol. The molecule has 0 bridgehead atoms. The lowest BCUT2D eigenvalue weighted by Gasteiger charge is -2.19. The van der Waals surface area contributed by atoms with Crippen molar-refractivity contribution in [2.75, 3.05) is 11.4 Å². The summed E-state index contributed by atoms with van der Waals surface area (Å²) in [6.45, 7) is 0.715. The summed E-state index contributed by atoms with van der Waals surface area (Å²) in [5.41, 5.74) is 0.833. The van der Waals surface area contributed by atoms with Crippen LogP contribution in [0.15, 0.2) is 5.38 Å². The van der Waals surface area contributed by atoms with Gasteiger partial charge in [-0.25, -0.2) is 4.98 Å². The van der Waals surface area contributed by atoms with Gasteiger partial charge in [0.2, 0.25) is 0 Å². The summed E-state index contributed by atoms with van der Waals surface area (Å²) in [6, 6.07) is 2.68. The van der Waals surface area contributed by atoms with Crippen LogP contribution < -0.4 is 4.90 Å². The standard InChI is InChI=1S/C12H15N3O2S/c13-6-1-7-15(10-3-4-10)12-14-9(8-18-12)2-5-11(16)17/h8,10H,1-5,7H2,(H,16,17). The Labute approximate surface area is 110 Å². The average Bonchev–Trinajstić information content (AvgIpc) is 3.06. The maximum atomic E-state index is 10.5. The highest BCUT2D eigenvalue weighted by molar-refractivity contribution is 7.13. The number of anilines is 1. The lowest BCUT2D eigenvalue weighted by atomic mass is 10.2. The molecule has 18 heavy (non-hydrogen) atoms. The number of carboxylic acids is 1. The van der Waals surface area contributed by atoms with Crippen molar-refractivity contribution in [1.29, 1.82) is 5.26 Å². The molecular weight excluding hydrogens is 250 g/mol. The summed E-state index contributed by atoms with van der Waals surface area (Å²) >= 11 is 1.54. The molecule has 96 valence electrons. The first-order chi connectivity index (χ1) is 8.70. The molecule has 6 heteroatoms. The summed E-state index contributed by atoms with van der Waals surface area (Å²) in [4.78, 5) is 17.1. The van der Waals surface area contributed by atoms with Crippen molar-refractivity contribution in [3.8, 4) is 6.07 Å². The minimum Gasteiger partial charge on any atom is -0.481 e. The van der Waals surface area contributed by atoms with Gasteiger partial charge in [-0.3, -0.25) is 4.79 Å². The number of aryl methyl sites for hydroxylation is 1. The van der Waals surface area contributed by atoms with Gasteiger partial charge in [0.15, 0.2) is 5.13 Å². The molecule has 1 heterocycles. The molecule has 0 saturated heterocycles. The van der Waals surface area contributed by atoms with Crippen molar-refractivity contribution in [2.45, 2.75) is 38.1 Å². The van der Waals surface area contributed by atoms with Crippen LogP contribution in [-0.4, -0.2) is 28.6 Å². The lowest BCUT2D eigenvalue weighted by Crippen LogP contribution is -2.26. The van der Waals surface area contributed by atoms with Gasteiger partial charge >= 0.3 is 5.97 Å². The van der Waals surface area contributed by atoms with Gasteiger partial charge in [-0.05, 0) is 12.8 Å². The molecule has 0 aliphatic heterocycles. The first-order valence-electron chi connectivity index (χ1n) is 6.00. The molecule has 1 N–H and O–H groups in total. The van der Waals surface area contributed by atoms with E-state index in [1.165, 1.54) is 0 Å². The molecule has 0 spiro atoms. The Balaban J connectivity index is 1.97. The largest absolute Gasteiger partial charge is 0.481 e. The molecule has 1 aromatic heterocycles. The van der Waals surface area contributed by atoms with Gasteiger partial charge in [0.1, 0.15) is 0 Å². The van der Waals surface area contributed by atoms with Crippen molar-refractivity contribution in [1.82, 2.24) is 4.98 Å². The summed E-state index contributed by atoms with van der Waals surface area (Å²) in [5.74, 6) is -0.798. The number of aromatic nitrogens is 1. The number of nitriles is 1. The molecule has 0 aromatic carbocycles. The second-order valence-electron chi connectivity index (χ2n) is 4.35. The third kappa shape index (κ3) is 3.44. The Bertz CT molecular complexity index is 462. The molecule has 0 radical (unpaired) electrons. The molecule has 5 nitrogen and oxygen atoms in total. The first kappa shape index (κ1) is 12.8. The van der Waals surface area contributed by atoms with E-state index in [1.807, 2.05) is 5.38 Å². The molecule has 1 aliphatic carbocycles. The van der Waals surface area contributed by atoms with Gasteiger partial charge in [-0.1, -0.05) is 0 Å². The summed E-state index contributed by atoms with van der Waals surface area (Å²) in [7, 11) is 0. The maximum Gasteiger partial charge on any atom is 0.303 e. The number of aliphatic carboxylic acids is 1. The molecule has 1 fully saturated rings. The monoisotopic (exact) mass is 265 g/mol. The van der Waals surface area contributed by atoms with Gasteiger partial charge in [0.05, 0.1) is 24.6 Å². The van der Waals surface area contributed by atoms with Crippen LogP contribution in [0.1, 0.15) is 31.4 Å². The average molecular weight is 265 g/mol. The molecule has 1 aliphatic rings. The summed E-state index contributed by atoms with van der Waals surface area (Å²) in [5, 5.41) is 20.1. The van der Waals surface area contributed by atoms with Gasteiger partial charge in [0, 0.05) is 24.4 Å². The van der Waals surface area contributed by atoms with Crippen LogP contribution in [0.5, 0.6) is 0 Å². The SMILES string of the molecule is N#CCCN(c1nc(CCC(=O)O)cs1)C1CC1. The number of thiazole rings is 1. The zero-order valence-electron chi connectivity index (χ0n) is 10.0. The minimum absolute atomic E-state index is 0.116.